The van der Waals surface area contributed by atoms with E-state index in [-0.39, 0.29) is 0 Å². The molecule has 0 aliphatic rings. The minimum Gasteiger partial charge on any atom is -0.322 e. The molecule has 2 aromatic carbocycles. The lowest BCUT2D eigenvalue weighted by Gasteiger charge is -2.22. The van der Waals surface area contributed by atoms with Crippen LogP contribution in [-0.4, -0.2) is 6.61 Å². The third kappa shape index (κ3) is 2.72. The van der Waals surface area contributed by atoms with Crippen LogP contribution < -0.4 is 10.6 Å². The highest BCUT2D eigenvalue weighted by Crippen LogP contribution is 2.46. The first-order chi connectivity index (χ1) is 9.49. The molecule has 0 N–H and O–H groups in total. The van der Waals surface area contributed by atoms with Gasteiger partial charge in [-0.2, -0.15) is 0 Å². The first-order valence-electron chi connectivity index (χ1n) is 6.87. The number of benzene rings is 2. The van der Waals surface area contributed by atoms with Crippen LogP contribution in [0.4, 0.5) is 0 Å². The third-order valence-electron chi connectivity index (χ3n) is 3.34. The number of rotatable bonds is 4. The van der Waals surface area contributed by atoms with Gasteiger partial charge in [0, 0.05) is 10.6 Å². The summed E-state index contributed by atoms with van der Waals surface area (Å²) < 4.78 is 19.3. The number of aryl methyl sites for hydroxylation is 3. The maximum atomic E-state index is 13.5. The molecule has 106 valence electrons. The van der Waals surface area contributed by atoms with Gasteiger partial charge in [0.25, 0.3) is 7.37 Å². The Morgan fingerprint density at radius 2 is 1.55 bits per heavy atom. The molecule has 2 nitrogen and oxygen atoms in total. The first kappa shape index (κ1) is 15.0. The van der Waals surface area contributed by atoms with E-state index in [0.717, 1.165) is 21.7 Å². The molecule has 0 spiro atoms. The van der Waals surface area contributed by atoms with Crippen molar-refractivity contribution in [3.05, 3.63) is 59.2 Å². The largest absolute Gasteiger partial charge is 0.322 e. The average Bonchev–Trinajstić information content (AvgIpc) is 2.38. The van der Waals surface area contributed by atoms with Crippen LogP contribution in [0, 0.1) is 20.8 Å². The van der Waals surface area contributed by atoms with E-state index in [9.17, 15) is 4.57 Å². The summed E-state index contributed by atoms with van der Waals surface area (Å²) >= 11 is 0. The molecule has 20 heavy (non-hydrogen) atoms. The van der Waals surface area contributed by atoms with Crippen molar-refractivity contribution >= 4 is 18.0 Å². The zero-order valence-corrected chi connectivity index (χ0v) is 13.4. The Hall–Kier alpha value is -1.37. The predicted octanol–water partition coefficient (Wildman–Crippen LogP) is 3.88. The third-order valence-corrected chi connectivity index (χ3v) is 6.23. The van der Waals surface area contributed by atoms with Gasteiger partial charge in [-0.25, -0.2) is 0 Å². The number of hydrogen-bond donors (Lipinski definition) is 0. The van der Waals surface area contributed by atoms with Gasteiger partial charge in [-0.05, 0) is 51.0 Å². The zero-order chi connectivity index (χ0) is 14.8. The molecule has 0 fully saturated rings. The Morgan fingerprint density at radius 3 is 2.05 bits per heavy atom. The van der Waals surface area contributed by atoms with Gasteiger partial charge in [-0.3, -0.25) is 4.57 Å². The zero-order valence-electron chi connectivity index (χ0n) is 12.5. The Morgan fingerprint density at radius 1 is 1.00 bits per heavy atom. The van der Waals surface area contributed by atoms with Crippen LogP contribution in [-0.2, 0) is 9.09 Å². The predicted molar refractivity (Wildman–Crippen MR) is 85.6 cm³/mol. The summed E-state index contributed by atoms with van der Waals surface area (Å²) in [6, 6.07) is 13.6. The molecule has 0 saturated heterocycles. The summed E-state index contributed by atoms with van der Waals surface area (Å²) in [6.45, 7) is 8.37. The molecule has 2 aromatic rings. The van der Waals surface area contributed by atoms with Gasteiger partial charge in [0.05, 0.1) is 6.61 Å². The van der Waals surface area contributed by atoms with Gasteiger partial charge in [0.15, 0.2) is 0 Å². The lowest BCUT2D eigenvalue weighted by atomic mass is 10.1. The summed E-state index contributed by atoms with van der Waals surface area (Å²) in [5.74, 6) is 0. The quantitative estimate of drug-likeness (QED) is 0.798. The topological polar surface area (TPSA) is 26.3 Å². The van der Waals surface area contributed by atoms with E-state index in [4.69, 9.17) is 4.52 Å². The van der Waals surface area contributed by atoms with E-state index in [1.165, 1.54) is 5.56 Å². The van der Waals surface area contributed by atoms with Gasteiger partial charge >= 0.3 is 0 Å². The van der Waals surface area contributed by atoms with Crippen molar-refractivity contribution in [1.29, 1.82) is 0 Å². The SMILES string of the molecule is CCOP(=O)(c1ccccc1)c1c(C)cc(C)cc1C. The second-order valence-electron chi connectivity index (χ2n) is 5.05. The van der Waals surface area contributed by atoms with Crippen LogP contribution in [0.2, 0.25) is 0 Å². The van der Waals surface area contributed by atoms with E-state index in [1.54, 1.807) is 0 Å². The van der Waals surface area contributed by atoms with Gasteiger partial charge in [0.2, 0.25) is 0 Å². The van der Waals surface area contributed by atoms with E-state index in [2.05, 4.69) is 19.1 Å². The molecule has 2 rings (SSSR count). The minimum absolute atomic E-state index is 0.429. The van der Waals surface area contributed by atoms with Crippen LogP contribution in [0.1, 0.15) is 23.6 Å². The molecule has 0 saturated carbocycles. The van der Waals surface area contributed by atoms with E-state index in [1.807, 2.05) is 51.1 Å². The van der Waals surface area contributed by atoms with Gasteiger partial charge in [-0.1, -0.05) is 35.9 Å². The maximum absolute atomic E-state index is 13.5. The Kier molecular flexibility index (Phi) is 4.47. The van der Waals surface area contributed by atoms with Crippen molar-refractivity contribution < 1.29 is 9.09 Å². The van der Waals surface area contributed by atoms with Crippen molar-refractivity contribution in [3.8, 4) is 0 Å². The fraction of sp³-hybridized carbons (Fsp3) is 0.294. The summed E-state index contributed by atoms with van der Waals surface area (Å²) in [5.41, 5.74) is 3.24. The van der Waals surface area contributed by atoms with Gasteiger partial charge in [-0.15, -0.1) is 0 Å². The maximum Gasteiger partial charge on any atom is 0.261 e. The Balaban J connectivity index is 2.69. The molecule has 3 heteroatoms. The van der Waals surface area contributed by atoms with Crippen molar-refractivity contribution in [2.45, 2.75) is 27.7 Å². The van der Waals surface area contributed by atoms with Crippen molar-refractivity contribution in [1.82, 2.24) is 0 Å². The molecule has 0 amide bonds. The molecular weight excluding hydrogens is 267 g/mol. The summed E-state index contributed by atoms with van der Waals surface area (Å²) in [6.07, 6.45) is 0. The standard InChI is InChI=1S/C17H21O2P/c1-5-19-20(18,16-9-7-6-8-10-16)17-14(3)11-13(2)12-15(17)4/h6-12H,5H2,1-4H3. The summed E-state index contributed by atoms with van der Waals surface area (Å²) in [4.78, 5) is 0. The van der Waals surface area contributed by atoms with Crippen LogP contribution in [0.5, 0.6) is 0 Å². The van der Waals surface area contributed by atoms with Crippen molar-refractivity contribution in [2.24, 2.45) is 0 Å². The summed E-state index contributed by atoms with van der Waals surface area (Å²) in [5, 5.41) is 1.60. The van der Waals surface area contributed by atoms with Crippen molar-refractivity contribution in [2.75, 3.05) is 6.61 Å². The average molecular weight is 288 g/mol. The fourth-order valence-corrected chi connectivity index (χ4v) is 5.23. The lowest BCUT2D eigenvalue weighted by molar-refractivity contribution is 0.348. The molecule has 0 bridgehead atoms. The second-order valence-corrected chi connectivity index (χ2v) is 7.38. The Bertz CT molecular complexity index is 624. The van der Waals surface area contributed by atoms with Crippen LogP contribution in [0.25, 0.3) is 0 Å². The Labute approximate surface area is 121 Å². The fourth-order valence-electron chi connectivity index (χ4n) is 2.71. The normalized spacial score (nSPS) is 14.0. The van der Waals surface area contributed by atoms with Gasteiger partial charge < -0.3 is 4.52 Å². The molecule has 0 heterocycles. The summed E-state index contributed by atoms with van der Waals surface area (Å²) in [7, 11) is -3.02. The monoisotopic (exact) mass is 288 g/mol. The number of hydrogen-bond acceptors (Lipinski definition) is 2. The van der Waals surface area contributed by atoms with E-state index >= 15 is 0 Å². The highest BCUT2D eigenvalue weighted by atomic mass is 31.2. The van der Waals surface area contributed by atoms with E-state index in [0.29, 0.717) is 6.61 Å². The van der Waals surface area contributed by atoms with Crippen LogP contribution >= 0.6 is 7.37 Å². The van der Waals surface area contributed by atoms with Crippen LogP contribution in [0.15, 0.2) is 42.5 Å². The van der Waals surface area contributed by atoms with E-state index < -0.39 is 7.37 Å². The minimum atomic E-state index is -3.02. The smallest absolute Gasteiger partial charge is 0.261 e. The first-order valence-corrected chi connectivity index (χ1v) is 8.50. The van der Waals surface area contributed by atoms with Crippen LogP contribution in [0.3, 0.4) is 0 Å². The molecule has 1 atom stereocenters. The molecule has 0 aromatic heterocycles. The van der Waals surface area contributed by atoms with Crippen molar-refractivity contribution in [3.63, 3.8) is 0 Å². The second kappa shape index (κ2) is 5.95. The molecular formula is C17H21O2P. The molecule has 0 radical (unpaired) electrons. The molecule has 0 aliphatic heterocycles. The highest BCUT2D eigenvalue weighted by Gasteiger charge is 2.31. The van der Waals surface area contributed by atoms with Gasteiger partial charge in [0.1, 0.15) is 0 Å². The highest BCUT2D eigenvalue weighted by molar-refractivity contribution is 7.74. The molecule has 1 unspecified atom stereocenters. The molecule has 0 aliphatic carbocycles. The lowest BCUT2D eigenvalue weighted by Crippen LogP contribution is -2.23.